The van der Waals surface area contributed by atoms with Gasteiger partial charge >= 0.3 is 0 Å². The first kappa shape index (κ1) is 12.0. The Morgan fingerprint density at radius 3 is 2.53 bits per heavy atom. The molecule has 0 spiro atoms. The Hall–Kier alpha value is -1.09. The molecule has 0 aromatic heterocycles. The van der Waals surface area contributed by atoms with Gasteiger partial charge < -0.3 is 5.11 Å². The molecule has 6 heteroatoms. The summed E-state index contributed by atoms with van der Waals surface area (Å²) in [6, 6.07) is 4.68. The first-order valence-electron chi connectivity index (χ1n) is 4.00. The van der Waals surface area contributed by atoms with Crippen LogP contribution in [0.5, 0.6) is 0 Å². The minimum Gasteiger partial charge on any atom is -0.392 e. The normalized spacial score (nSPS) is 11.1. The summed E-state index contributed by atoms with van der Waals surface area (Å²) in [7, 11) is 1.28. The predicted molar refractivity (Wildman–Crippen MR) is 54.9 cm³/mol. The van der Waals surface area contributed by atoms with Gasteiger partial charge in [-0.3, -0.25) is 0 Å². The van der Waals surface area contributed by atoms with Crippen molar-refractivity contribution in [2.45, 2.75) is 18.4 Å². The zero-order valence-corrected chi connectivity index (χ0v) is 9.43. The van der Waals surface area contributed by atoms with E-state index in [0.717, 1.165) is 0 Å². The molecule has 1 N–H and O–H groups in total. The fraction of sp³-hybridized carbons (Fsp3) is 0.222. The number of hydrogen-bond acceptors (Lipinski definition) is 4. The number of aliphatic hydroxyl groups is 1. The maximum Gasteiger partial charge on any atom is 0.261 e. The van der Waals surface area contributed by atoms with E-state index in [1.165, 1.54) is 19.1 Å². The molecule has 15 heavy (non-hydrogen) atoms. The van der Waals surface area contributed by atoms with Crippen LogP contribution in [0.1, 0.15) is 16.7 Å². The van der Waals surface area contributed by atoms with Gasteiger partial charge in [-0.05, 0) is 24.1 Å². The van der Waals surface area contributed by atoms with Gasteiger partial charge in [0.2, 0.25) is 0 Å². The average Bonchev–Trinajstić information content (AvgIpc) is 2.15. The van der Waals surface area contributed by atoms with Gasteiger partial charge in [0.15, 0.2) is 0 Å². The lowest BCUT2D eigenvalue weighted by molar-refractivity contribution is 0.278. The molecule has 0 saturated carbocycles. The number of benzene rings is 1. The first-order valence-corrected chi connectivity index (χ1v) is 6.31. The zero-order chi connectivity index (χ0) is 11.6. The Morgan fingerprint density at radius 2 is 2.13 bits per heavy atom. The van der Waals surface area contributed by atoms with Crippen LogP contribution in [0.15, 0.2) is 17.0 Å². The standard InChI is InChI=1S/C9H8ClNO3S/c1-6-7(4-11)2-3-8(5-12)9(6)15(10,13)14/h2-3,12H,5H2,1H3. The molecule has 0 saturated heterocycles. The minimum atomic E-state index is -3.95. The second kappa shape index (κ2) is 4.19. The van der Waals surface area contributed by atoms with Gasteiger partial charge in [0, 0.05) is 10.7 Å². The highest BCUT2D eigenvalue weighted by molar-refractivity contribution is 8.13. The average molecular weight is 246 g/mol. The van der Waals surface area contributed by atoms with E-state index in [4.69, 9.17) is 21.1 Å². The monoisotopic (exact) mass is 245 g/mol. The van der Waals surface area contributed by atoms with Gasteiger partial charge in [-0.1, -0.05) is 6.07 Å². The molecule has 0 aliphatic carbocycles. The summed E-state index contributed by atoms with van der Waals surface area (Å²) in [5.41, 5.74) is 0.687. The lowest BCUT2D eigenvalue weighted by atomic mass is 10.1. The van der Waals surface area contributed by atoms with E-state index in [0.29, 0.717) is 0 Å². The van der Waals surface area contributed by atoms with E-state index in [9.17, 15) is 8.42 Å². The van der Waals surface area contributed by atoms with Gasteiger partial charge in [-0.2, -0.15) is 5.26 Å². The van der Waals surface area contributed by atoms with Crippen molar-refractivity contribution in [1.29, 1.82) is 5.26 Å². The Bertz CT molecular complexity index is 531. The van der Waals surface area contributed by atoms with Crippen LogP contribution in [-0.4, -0.2) is 13.5 Å². The second-order valence-corrected chi connectivity index (χ2v) is 5.44. The van der Waals surface area contributed by atoms with E-state index in [-0.39, 0.29) is 21.6 Å². The lowest BCUT2D eigenvalue weighted by Gasteiger charge is -2.08. The van der Waals surface area contributed by atoms with E-state index in [1.807, 2.05) is 6.07 Å². The summed E-state index contributed by atoms with van der Waals surface area (Å²) in [4.78, 5) is -0.175. The van der Waals surface area contributed by atoms with Crippen LogP contribution >= 0.6 is 10.7 Å². The maximum absolute atomic E-state index is 11.2. The molecule has 0 aliphatic heterocycles. The summed E-state index contributed by atoms with van der Waals surface area (Å²) in [5, 5.41) is 17.7. The van der Waals surface area contributed by atoms with Crippen LogP contribution in [0, 0.1) is 18.3 Å². The molecule has 1 aromatic carbocycles. The molecule has 0 aliphatic rings. The highest BCUT2D eigenvalue weighted by Crippen LogP contribution is 2.26. The minimum absolute atomic E-state index is 0.175. The molecular weight excluding hydrogens is 238 g/mol. The molecule has 0 amide bonds. The fourth-order valence-corrected chi connectivity index (χ4v) is 2.90. The number of nitrogens with zero attached hydrogens (tertiary/aromatic N) is 1. The van der Waals surface area contributed by atoms with Crippen LogP contribution < -0.4 is 0 Å². The van der Waals surface area contributed by atoms with Crippen LogP contribution in [0.3, 0.4) is 0 Å². The van der Waals surface area contributed by atoms with Crippen molar-refractivity contribution in [1.82, 2.24) is 0 Å². The fourth-order valence-electron chi connectivity index (χ4n) is 1.33. The third-order valence-electron chi connectivity index (χ3n) is 2.02. The summed E-state index contributed by atoms with van der Waals surface area (Å²) < 4.78 is 22.5. The molecule has 80 valence electrons. The third-order valence-corrected chi connectivity index (χ3v) is 3.54. The van der Waals surface area contributed by atoms with E-state index >= 15 is 0 Å². The van der Waals surface area contributed by atoms with E-state index in [1.54, 1.807) is 0 Å². The molecule has 0 bridgehead atoms. The number of hydrogen-bond donors (Lipinski definition) is 1. The number of nitriles is 1. The molecule has 0 fully saturated rings. The SMILES string of the molecule is Cc1c(C#N)ccc(CO)c1S(=O)(=O)Cl. The molecule has 0 unspecified atom stereocenters. The van der Waals surface area contributed by atoms with E-state index in [2.05, 4.69) is 0 Å². The summed E-state index contributed by atoms with van der Waals surface area (Å²) >= 11 is 0. The largest absolute Gasteiger partial charge is 0.392 e. The number of rotatable bonds is 2. The van der Waals surface area contributed by atoms with Gasteiger partial charge in [0.1, 0.15) is 0 Å². The van der Waals surface area contributed by atoms with Crippen molar-refractivity contribution in [3.8, 4) is 6.07 Å². The molecule has 1 aromatic rings. The van der Waals surface area contributed by atoms with Gasteiger partial charge in [0.05, 0.1) is 23.1 Å². The molecule has 0 heterocycles. The van der Waals surface area contributed by atoms with Crippen LogP contribution in [-0.2, 0) is 15.7 Å². The van der Waals surface area contributed by atoms with Crippen molar-refractivity contribution in [2.24, 2.45) is 0 Å². The molecule has 0 atom stereocenters. The van der Waals surface area contributed by atoms with Crippen LogP contribution in [0.4, 0.5) is 0 Å². The summed E-state index contributed by atoms with van der Waals surface area (Å²) in [6.07, 6.45) is 0. The van der Waals surface area contributed by atoms with Crippen molar-refractivity contribution in [3.63, 3.8) is 0 Å². The van der Waals surface area contributed by atoms with Crippen molar-refractivity contribution in [3.05, 3.63) is 28.8 Å². The van der Waals surface area contributed by atoms with Crippen LogP contribution in [0.2, 0.25) is 0 Å². The number of aliphatic hydroxyl groups excluding tert-OH is 1. The molecule has 1 rings (SSSR count). The Kier molecular flexibility index (Phi) is 3.35. The Labute approximate surface area is 92.1 Å². The zero-order valence-electron chi connectivity index (χ0n) is 7.86. The molecule has 0 radical (unpaired) electrons. The Morgan fingerprint density at radius 1 is 1.53 bits per heavy atom. The number of halogens is 1. The first-order chi connectivity index (χ1) is 6.91. The maximum atomic E-state index is 11.2. The predicted octanol–water partition coefficient (Wildman–Crippen LogP) is 1.29. The van der Waals surface area contributed by atoms with Crippen molar-refractivity contribution in [2.75, 3.05) is 0 Å². The van der Waals surface area contributed by atoms with Gasteiger partial charge in [-0.15, -0.1) is 0 Å². The van der Waals surface area contributed by atoms with Gasteiger partial charge in [0.25, 0.3) is 9.05 Å². The van der Waals surface area contributed by atoms with Crippen molar-refractivity contribution >= 4 is 19.7 Å². The molecule has 4 nitrogen and oxygen atoms in total. The third kappa shape index (κ3) is 2.29. The van der Waals surface area contributed by atoms with Crippen molar-refractivity contribution < 1.29 is 13.5 Å². The highest BCUT2D eigenvalue weighted by Gasteiger charge is 2.20. The Balaban J connectivity index is 3.67. The smallest absolute Gasteiger partial charge is 0.261 e. The second-order valence-electron chi connectivity index (χ2n) is 2.93. The van der Waals surface area contributed by atoms with E-state index < -0.39 is 15.7 Å². The quantitative estimate of drug-likeness (QED) is 0.797. The highest BCUT2D eigenvalue weighted by atomic mass is 35.7. The van der Waals surface area contributed by atoms with Gasteiger partial charge in [-0.25, -0.2) is 8.42 Å². The summed E-state index contributed by atoms with van der Waals surface area (Å²) in [6.45, 7) is 1.04. The topological polar surface area (TPSA) is 78.2 Å². The van der Waals surface area contributed by atoms with Crippen LogP contribution in [0.25, 0.3) is 0 Å². The lowest BCUT2D eigenvalue weighted by Crippen LogP contribution is -2.03. The summed E-state index contributed by atoms with van der Waals surface area (Å²) in [5.74, 6) is 0. The molecular formula is C9H8ClNO3S.